The summed E-state index contributed by atoms with van der Waals surface area (Å²) in [5.41, 5.74) is 2.09. The second kappa shape index (κ2) is 10.8. The van der Waals surface area contributed by atoms with Gasteiger partial charge in [-0.3, -0.25) is 14.6 Å². The molecule has 8 heteroatoms. The predicted octanol–water partition coefficient (Wildman–Crippen LogP) is 5.11. The summed E-state index contributed by atoms with van der Waals surface area (Å²) < 4.78 is 6.43. The fourth-order valence-corrected chi connectivity index (χ4v) is 5.52. The van der Waals surface area contributed by atoms with E-state index in [9.17, 15) is 4.79 Å². The molecule has 0 unspecified atom stereocenters. The Morgan fingerprint density at radius 2 is 2.00 bits per heavy atom. The largest absolute Gasteiger partial charge is 0.379 e. The van der Waals surface area contributed by atoms with Crippen molar-refractivity contribution in [3.05, 3.63) is 53.1 Å². The van der Waals surface area contributed by atoms with E-state index in [1.54, 1.807) is 11.8 Å². The van der Waals surface area contributed by atoms with Crippen LogP contribution in [0.25, 0.3) is 10.2 Å². The van der Waals surface area contributed by atoms with Gasteiger partial charge in [0.05, 0.1) is 29.2 Å². The van der Waals surface area contributed by atoms with Gasteiger partial charge >= 0.3 is 0 Å². The van der Waals surface area contributed by atoms with Crippen molar-refractivity contribution in [3.63, 3.8) is 0 Å². The Hall–Kier alpha value is -1.64. The van der Waals surface area contributed by atoms with E-state index in [4.69, 9.17) is 21.3 Å². The predicted molar refractivity (Wildman–Crippen MR) is 131 cm³/mol. The number of morpholine rings is 1. The monoisotopic (exact) mass is 475 g/mol. The normalized spacial score (nSPS) is 14.8. The third kappa shape index (κ3) is 6.20. The van der Waals surface area contributed by atoms with E-state index in [2.05, 4.69) is 36.1 Å². The molecule has 4 rings (SSSR count). The Balaban J connectivity index is 1.46. The van der Waals surface area contributed by atoms with Crippen LogP contribution in [0.3, 0.4) is 0 Å². The van der Waals surface area contributed by atoms with Crippen molar-refractivity contribution in [3.8, 4) is 0 Å². The quantitative estimate of drug-likeness (QED) is 0.424. The first-order chi connectivity index (χ1) is 15.1. The van der Waals surface area contributed by atoms with Gasteiger partial charge in [0.15, 0.2) is 5.13 Å². The van der Waals surface area contributed by atoms with Gasteiger partial charge in [0.2, 0.25) is 5.91 Å². The lowest BCUT2D eigenvalue weighted by Gasteiger charge is -2.27. The van der Waals surface area contributed by atoms with Crippen LogP contribution in [-0.2, 0) is 9.53 Å². The summed E-state index contributed by atoms with van der Waals surface area (Å²) in [5, 5.41) is 1.43. The van der Waals surface area contributed by atoms with E-state index in [-0.39, 0.29) is 5.91 Å². The number of fused-ring (bicyclic) bond motifs is 1. The van der Waals surface area contributed by atoms with E-state index >= 15 is 0 Å². The number of hydrogen-bond acceptors (Lipinski definition) is 6. The summed E-state index contributed by atoms with van der Waals surface area (Å²) >= 11 is 9.24. The number of carbonyl (C=O) groups excluding carboxylic acids is 1. The second-order valence-corrected chi connectivity index (χ2v) is 10.1. The molecule has 1 saturated heterocycles. The lowest BCUT2D eigenvalue weighted by atomic mass is 10.2. The number of rotatable bonds is 8. The number of thiazole rings is 1. The fraction of sp³-hybridized carbons (Fsp3) is 0.391. The number of halogens is 1. The van der Waals surface area contributed by atoms with Crippen LogP contribution >= 0.6 is 34.7 Å². The first kappa shape index (κ1) is 22.6. The maximum Gasteiger partial charge on any atom is 0.239 e. The molecule has 0 aliphatic carbocycles. The molecule has 5 nitrogen and oxygen atoms in total. The van der Waals surface area contributed by atoms with Crippen molar-refractivity contribution >= 4 is 56.0 Å². The molecule has 0 N–H and O–H groups in total. The SMILES string of the molecule is Cc1ccc(SCC(=O)N(CCCN2CCOCC2)c2nc3ccc(Cl)cc3s2)cc1. The third-order valence-electron chi connectivity index (χ3n) is 5.21. The van der Waals surface area contributed by atoms with Gasteiger partial charge in [-0.25, -0.2) is 4.98 Å². The number of amides is 1. The van der Waals surface area contributed by atoms with Crippen molar-refractivity contribution in [2.24, 2.45) is 0 Å². The van der Waals surface area contributed by atoms with Gasteiger partial charge in [-0.2, -0.15) is 0 Å². The van der Waals surface area contributed by atoms with Crippen LogP contribution in [0.5, 0.6) is 0 Å². The number of hydrogen-bond donors (Lipinski definition) is 0. The van der Waals surface area contributed by atoms with Crippen LogP contribution in [0, 0.1) is 6.92 Å². The van der Waals surface area contributed by atoms with Crippen LogP contribution in [0.1, 0.15) is 12.0 Å². The molecule has 0 saturated carbocycles. The number of carbonyl (C=O) groups is 1. The van der Waals surface area contributed by atoms with Crippen LogP contribution in [-0.4, -0.2) is 60.9 Å². The minimum atomic E-state index is 0.0812. The number of ether oxygens (including phenoxy) is 1. The van der Waals surface area contributed by atoms with Gasteiger partial charge < -0.3 is 4.74 Å². The number of thioether (sulfide) groups is 1. The molecule has 1 fully saturated rings. The van der Waals surface area contributed by atoms with Crippen LogP contribution in [0.15, 0.2) is 47.4 Å². The Morgan fingerprint density at radius 1 is 1.23 bits per heavy atom. The van der Waals surface area contributed by atoms with Crippen molar-refractivity contribution in [1.82, 2.24) is 9.88 Å². The lowest BCUT2D eigenvalue weighted by molar-refractivity contribution is -0.116. The molecule has 31 heavy (non-hydrogen) atoms. The average Bonchev–Trinajstić information content (AvgIpc) is 3.19. The summed E-state index contributed by atoms with van der Waals surface area (Å²) in [6.45, 7) is 7.15. The topological polar surface area (TPSA) is 45.7 Å². The van der Waals surface area contributed by atoms with E-state index in [1.165, 1.54) is 16.9 Å². The number of aryl methyl sites for hydroxylation is 1. The Bertz CT molecular complexity index is 1020. The van der Waals surface area contributed by atoms with Crippen LogP contribution in [0.2, 0.25) is 5.02 Å². The molecule has 0 spiro atoms. The molecule has 1 aromatic heterocycles. The molecule has 0 radical (unpaired) electrons. The van der Waals surface area contributed by atoms with E-state index < -0.39 is 0 Å². The smallest absolute Gasteiger partial charge is 0.239 e. The molecule has 2 aromatic carbocycles. The maximum absolute atomic E-state index is 13.2. The van der Waals surface area contributed by atoms with Crippen LogP contribution in [0.4, 0.5) is 5.13 Å². The highest BCUT2D eigenvalue weighted by Gasteiger charge is 2.21. The van der Waals surface area contributed by atoms with Crippen molar-refractivity contribution < 1.29 is 9.53 Å². The summed E-state index contributed by atoms with van der Waals surface area (Å²) in [6, 6.07) is 13.9. The van der Waals surface area contributed by atoms with E-state index in [0.29, 0.717) is 17.3 Å². The summed E-state index contributed by atoms with van der Waals surface area (Å²) in [5.74, 6) is 0.467. The molecule has 3 aromatic rings. The van der Waals surface area contributed by atoms with Crippen LogP contribution < -0.4 is 4.90 Å². The number of anilines is 1. The number of aromatic nitrogens is 1. The van der Waals surface area contributed by atoms with Gasteiger partial charge in [-0.1, -0.05) is 40.6 Å². The minimum Gasteiger partial charge on any atom is -0.379 e. The highest BCUT2D eigenvalue weighted by Crippen LogP contribution is 2.31. The summed E-state index contributed by atoms with van der Waals surface area (Å²) in [4.78, 5) is 23.3. The summed E-state index contributed by atoms with van der Waals surface area (Å²) in [6.07, 6.45) is 0.900. The molecular weight excluding hydrogens is 450 g/mol. The third-order valence-corrected chi connectivity index (χ3v) is 7.49. The number of benzene rings is 2. The van der Waals surface area contributed by atoms with Crippen molar-refractivity contribution in [2.75, 3.05) is 50.0 Å². The number of nitrogens with zero attached hydrogens (tertiary/aromatic N) is 3. The standard InChI is InChI=1S/C23H26ClN3O2S2/c1-17-3-6-19(7-4-17)30-16-22(28)27(10-2-9-26-11-13-29-14-12-26)23-25-20-8-5-18(24)15-21(20)31-23/h3-8,15H,2,9-14,16H2,1H3. The lowest BCUT2D eigenvalue weighted by Crippen LogP contribution is -2.39. The highest BCUT2D eigenvalue weighted by molar-refractivity contribution is 8.00. The zero-order valence-electron chi connectivity index (χ0n) is 17.6. The molecule has 2 heterocycles. The van der Waals surface area contributed by atoms with Gasteiger partial charge in [0.1, 0.15) is 0 Å². The highest BCUT2D eigenvalue weighted by atomic mass is 35.5. The maximum atomic E-state index is 13.2. The molecule has 1 aliphatic heterocycles. The van der Waals surface area contributed by atoms with Crippen molar-refractivity contribution in [1.29, 1.82) is 0 Å². The van der Waals surface area contributed by atoms with Crippen molar-refractivity contribution in [2.45, 2.75) is 18.2 Å². The zero-order chi connectivity index (χ0) is 21.6. The van der Waals surface area contributed by atoms with Gasteiger partial charge in [-0.15, -0.1) is 11.8 Å². The first-order valence-electron chi connectivity index (χ1n) is 10.4. The van der Waals surface area contributed by atoms with E-state index in [0.717, 1.165) is 59.5 Å². The average molecular weight is 476 g/mol. The first-order valence-corrected chi connectivity index (χ1v) is 12.6. The molecule has 164 valence electrons. The molecule has 1 amide bonds. The summed E-state index contributed by atoms with van der Waals surface area (Å²) in [7, 11) is 0. The van der Waals surface area contributed by atoms with Gasteiger partial charge in [0, 0.05) is 36.1 Å². The van der Waals surface area contributed by atoms with Gasteiger partial charge in [-0.05, 0) is 43.7 Å². The Kier molecular flexibility index (Phi) is 7.85. The second-order valence-electron chi connectivity index (χ2n) is 7.56. The van der Waals surface area contributed by atoms with Gasteiger partial charge in [0.25, 0.3) is 0 Å². The minimum absolute atomic E-state index is 0.0812. The molecule has 0 bridgehead atoms. The Morgan fingerprint density at radius 3 is 2.77 bits per heavy atom. The zero-order valence-corrected chi connectivity index (χ0v) is 19.9. The van der Waals surface area contributed by atoms with E-state index in [1.807, 2.05) is 23.1 Å². The molecule has 1 aliphatic rings. The fourth-order valence-electron chi connectivity index (χ4n) is 3.46. The molecular formula is C23H26ClN3O2S2. The molecule has 0 atom stereocenters. The Labute approximate surface area is 196 Å².